The van der Waals surface area contributed by atoms with Crippen molar-refractivity contribution in [1.82, 2.24) is 0 Å². The molecule has 1 rings (SSSR count). The minimum absolute atomic E-state index is 0.428. The molecule has 1 nitrogen and oxygen atoms in total. The lowest BCUT2D eigenvalue weighted by Gasteiger charge is -2.31. The van der Waals surface area contributed by atoms with Crippen molar-refractivity contribution < 1.29 is 4.74 Å². The highest BCUT2D eigenvalue weighted by Crippen LogP contribution is 2.38. The van der Waals surface area contributed by atoms with E-state index in [4.69, 9.17) is 4.74 Å². The molecule has 0 saturated heterocycles. The van der Waals surface area contributed by atoms with Crippen LogP contribution in [0.1, 0.15) is 39.5 Å². The highest BCUT2D eigenvalue weighted by Gasteiger charge is 2.27. The van der Waals surface area contributed by atoms with Crippen LogP contribution < -0.4 is 4.74 Å². The number of halogens is 1. The fraction of sp³-hybridized carbons (Fsp3) is 0.625. The molecule has 19 heavy (non-hydrogen) atoms. The Balaban J connectivity index is 2.68. The predicted molar refractivity (Wildman–Crippen MR) is 89.8 cm³/mol. The maximum absolute atomic E-state index is 5.29. The predicted octanol–water partition coefficient (Wildman–Crippen LogP) is 5.77. The summed E-state index contributed by atoms with van der Waals surface area (Å²) >= 11 is 5.69. The van der Waals surface area contributed by atoms with E-state index in [1.807, 2.05) is 17.8 Å². The van der Waals surface area contributed by atoms with E-state index in [0.29, 0.717) is 5.41 Å². The molecule has 0 aliphatic heterocycles. The Morgan fingerprint density at radius 1 is 1.21 bits per heavy atom. The Morgan fingerprint density at radius 3 is 2.42 bits per heavy atom. The summed E-state index contributed by atoms with van der Waals surface area (Å²) in [6.45, 7) is 4.56. The van der Waals surface area contributed by atoms with Crippen molar-refractivity contribution in [2.75, 3.05) is 18.2 Å². The van der Waals surface area contributed by atoms with Gasteiger partial charge in [0.1, 0.15) is 5.75 Å². The number of ether oxygens (including phenoxy) is 1. The third-order valence-corrected chi connectivity index (χ3v) is 5.96. The van der Waals surface area contributed by atoms with E-state index in [1.54, 1.807) is 7.11 Å². The summed E-state index contributed by atoms with van der Waals surface area (Å²) in [5.41, 5.74) is 0.428. The molecule has 108 valence electrons. The fourth-order valence-corrected chi connectivity index (χ4v) is 4.69. The summed E-state index contributed by atoms with van der Waals surface area (Å²) in [6, 6.07) is 8.36. The Labute approximate surface area is 130 Å². The summed E-state index contributed by atoms with van der Waals surface area (Å²) in [4.78, 5) is 1.30. The molecule has 0 spiro atoms. The van der Waals surface area contributed by atoms with Crippen molar-refractivity contribution >= 4 is 27.7 Å². The lowest BCUT2D eigenvalue weighted by Crippen LogP contribution is -2.25. The second kappa shape index (κ2) is 8.91. The summed E-state index contributed by atoms with van der Waals surface area (Å²) in [6.07, 6.45) is 5.10. The van der Waals surface area contributed by atoms with Gasteiger partial charge in [-0.25, -0.2) is 0 Å². The number of hydrogen-bond donors (Lipinski definition) is 0. The van der Waals surface area contributed by atoms with Gasteiger partial charge in [0.2, 0.25) is 0 Å². The van der Waals surface area contributed by atoms with Gasteiger partial charge in [-0.15, -0.1) is 11.8 Å². The molecule has 3 heteroatoms. The van der Waals surface area contributed by atoms with Crippen LogP contribution in [0.15, 0.2) is 29.2 Å². The summed E-state index contributed by atoms with van der Waals surface area (Å²) in [5, 5.41) is 1.10. The average molecular weight is 345 g/mol. The van der Waals surface area contributed by atoms with Gasteiger partial charge in [-0.05, 0) is 36.5 Å². The SMILES string of the molecule is CCCC(CBr)(CCC)CSc1cccc(OC)c1. The van der Waals surface area contributed by atoms with E-state index in [2.05, 4.69) is 48.0 Å². The van der Waals surface area contributed by atoms with Gasteiger partial charge in [0.15, 0.2) is 0 Å². The first-order valence-electron chi connectivity index (χ1n) is 7.02. The van der Waals surface area contributed by atoms with Crippen molar-refractivity contribution in [1.29, 1.82) is 0 Å². The second-order valence-electron chi connectivity index (χ2n) is 5.10. The van der Waals surface area contributed by atoms with Crippen LogP contribution in [0.3, 0.4) is 0 Å². The zero-order chi connectivity index (χ0) is 14.1. The quantitative estimate of drug-likeness (QED) is 0.415. The highest BCUT2D eigenvalue weighted by atomic mass is 79.9. The van der Waals surface area contributed by atoms with Gasteiger partial charge < -0.3 is 4.74 Å². The van der Waals surface area contributed by atoms with E-state index in [1.165, 1.54) is 36.3 Å². The number of methoxy groups -OCH3 is 1. The number of thioether (sulfide) groups is 1. The van der Waals surface area contributed by atoms with E-state index >= 15 is 0 Å². The van der Waals surface area contributed by atoms with Crippen LogP contribution in [0.4, 0.5) is 0 Å². The molecule has 0 heterocycles. The normalized spacial score (nSPS) is 11.6. The largest absolute Gasteiger partial charge is 0.497 e. The zero-order valence-corrected chi connectivity index (χ0v) is 14.6. The Morgan fingerprint density at radius 2 is 1.89 bits per heavy atom. The van der Waals surface area contributed by atoms with Crippen LogP contribution >= 0.6 is 27.7 Å². The van der Waals surface area contributed by atoms with Crippen LogP contribution in [0, 0.1) is 5.41 Å². The van der Waals surface area contributed by atoms with E-state index in [9.17, 15) is 0 Å². The van der Waals surface area contributed by atoms with Crippen LogP contribution in [0.2, 0.25) is 0 Å². The van der Waals surface area contributed by atoms with Gasteiger partial charge in [0.25, 0.3) is 0 Å². The van der Waals surface area contributed by atoms with Crippen molar-refractivity contribution in [2.24, 2.45) is 5.41 Å². The average Bonchev–Trinajstić information content (AvgIpc) is 2.45. The monoisotopic (exact) mass is 344 g/mol. The molecule has 1 aromatic rings. The Kier molecular flexibility index (Phi) is 7.93. The Hall–Kier alpha value is -0.150. The molecule has 0 N–H and O–H groups in total. The second-order valence-corrected chi connectivity index (χ2v) is 6.71. The van der Waals surface area contributed by atoms with Crippen molar-refractivity contribution in [3.05, 3.63) is 24.3 Å². The van der Waals surface area contributed by atoms with Crippen LogP contribution in [0.5, 0.6) is 5.75 Å². The third-order valence-electron chi connectivity index (χ3n) is 3.43. The first-order valence-corrected chi connectivity index (χ1v) is 9.13. The highest BCUT2D eigenvalue weighted by molar-refractivity contribution is 9.09. The van der Waals surface area contributed by atoms with Crippen LogP contribution in [0.25, 0.3) is 0 Å². The van der Waals surface area contributed by atoms with Gasteiger partial charge in [0, 0.05) is 16.0 Å². The molecule has 0 bridgehead atoms. The molecular weight excluding hydrogens is 320 g/mol. The van der Waals surface area contributed by atoms with Crippen LogP contribution in [-0.4, -0.2) is 18.2 Å². The lowest BCUT2D eigenvalue weighted by molar-refractivity contribution is 0.320. The van der Waals surface area contributed by atoms with Gasteiger partial charge in [0.05, 0.1) is 7.11 Å². The molecule has 1 aromatic carbocycles. The van der Waals surface area contributed by atoms with Crippen molar-refractivity contribution in [3.8, 4) is 5.75 Å². The number of benzene rings is 1. The summed E-state index contributed by atoms with van der Waals surface area (Å²) in [5.74, 6) is 2.12. The molecular formula is C16H25BrOS. The summed E-state index contributed by atoms with van der Waals surface area (Å²) < 4.78 is 5.29. The molecule has 0 unspecified atom stereocenters. The lowest BCUT2D eigenvalue weighted by atomic mass is 9.83. The van der Waals surface area contributed by atoms with E-state index in [0.717, 1.165) is 11.1 Å². The maximum Gasteiger partial charge on any atom is 0.119 e. The first kappa shape index (κ1) is 16.9. The van der Waals surface area contributed by atoms with Gasteiger partial charge in [-0.2, -0.15) is 0 Å². The smallest absolute Gasteiger partial charge is 0.119 e. The molecule has 0 fully saturated rings. The number of hydrogen-bond acceptors (Lipinski definition) is 2. The van der Waals surface area contributed by atoms with Gasteiger partial charge >= 0.3 is 0 Å². The fourth-order valence-electron chi connectivity index (χ4n) is 2.43. The summed E-state index contributed by atoms with van der Waals surface area (Å²) in [7, 11) is 1.72. The molecule has 0 aliphatic rings. The van der Waals surface area contributed by atoms with Crippen LogP contribution in [-0.2, 0) is 0 Å². The van der Waals surface area contributed by atoms with Crippen molar-refractivity contribution in [3.63, 3.8) is 0 Å². The molecule has 0 radical (unpaired) electrons. The van der Waals surface area contributed by atoms with E-state index in [-0.39, 0.29) is 0 Å². The minimum Gasteiger partial charge on any atom is -0.497 e. The standard InChI is InChI=1S/C16H25BrOS/c1-4-9-16(12-17,10-5-2)13-19-15-8-6-7-14(11-15)18-3/h6-8,11H,4-5,9-10,12-13H2,1-3H3. The molecule has 0 saturated carbocycles. The molecule has 0 atom stereocenters. The minimum atomic E-state index is 0.428. The number of rotatable bonds is 9. The first-order chi connectivity index (χ1) is 9.19. The number of alkyl halides is 1. The van der Waals surface area contributed by atoms with E-state index < -0.39 is 0 Å². The molecule has 0 aromatic heterocycles. The topological polar surface area (TPSA) is 9.23 Å². The Bertz CT molecular complexity index is 362. The molecule has 0 aliphatic carbocycles. The maximum atomic E-state index is 5.29. The molecule has 0 amide bonds. The third kappa shape index (κ3) is 5.39. The van der Waals surface area contributed by atoms with Crippen molar-refractivity contribution in [2.45, 2.75) is 44.4 Å². The zero-order valence-electron chi connectivity index (χ0n) is 12.2. The van der Waals surface area contributed by atoms with Gasteiger partial charge in [-0.3, -0.25) is 0 Å². The van der Waals surface area contributed by atoms with Gasteiger partial charge in [-0.1, -0.05) is 48.7 Å².